The number of nitrogens with one attached hydrogen (secondary N) is 1. The number of para-hydroxylation sites is 1. The van der Waals surface area contributed by atoms with Gasteiger partial charge in [-0.3, -0.25) is 9.59 Å². The number of benzene rings is 1. The molecular weight excluding hydrogens is 382 g/mol. The van der Waals surface area contributed by atoms with Gasteiger partial charge in [0.25, 0.3) is 0 Å². The van der Waals surface area contributed by atoms with Crippen molar-refractivity contribution in [3.05, 3.63) is 52.2 Å². The van der Waals surface area contributed by atoms with E-state index in [1.165, 1.54) is 6.20 Å². The van der Waals surface area contributed by atoms with Crippen LogP contribution in [-0.4, -0.2) is 23.3 Å². The van der Waals surface area contributed by atoms with Gasteiger partial charge in [-0.25, -0.2) is 4.98 Å². The fraction of sp³-hybridized carbons (Fsp3) is 0.188. The summed E-state index contributed by atoms with van der Waals surface area (Å²) in [6.45, 7) is 0.512. The van der Waals surface area contributed by atoms with Crippen LogP contribution >= 0.6 is 27.5 Å². The van der Waals surface area contributed by atoms with Crippen LogP contribution < -0.4 is 10.2 Å². The molecule has 1 aromatic heterocycles. The predicted molar refractivity (Wildman–Crippen MR) is 92.5 cm³/mol. The quantitative estimate of drug-likeness (QED) is 0.640. The van der Waals surface area contributed by atoms with Crippen LogP contribution in [0.4, 0.5) is 11.4 Å². The lowest BCUT2D eigenvalue weighted by Crippen LogP contribution is -2.33. The summed E-state index contributed by atoms with van der Waals surface area (Å²) in [5.74, 6) is -1.22. The molecule has 1 atom stereocenters. The largest absolute Gasteiger partial charge is 0.324 e. The van der Waals surface area contributed by atoms with E-state index in [4.69, 9.17) is 11.6 Å². The van der Waals surface area contributed by atoms with Crippen molar-refractivity contribution in [1.82, 2.24) is 4.98 Å². The first-order valence-electron chi connectivity index (χ1n) is 7.04. The number of halogens is 2. The van der Waals surface area contributed by atoms with E-state index in [-0.39, 0.29) is 11.8 Å². The van der Waals surface area contributed by atoms with Crippen LogP contribution in [0.5, 0.6) is 0 Å². The summed E-state index contributed by atoms with van der Waals surface area (Å²) in [6.07, 6.45) is 1.94. The topological polar surface area (TPSA) is 62.3 Å². The number of aromatic nitrogens is 1. The highest BCUT2D eigenvalue weighted by molar-refractivity contribution is 9.10. The van der Waals surface area contributed by atoms with Crippen LogP contribution in [0.1, 0.15) is 6.42 Å². The van der Waals surface area contributed by atoms with Gasteiger partial charge in [0.15, 0.2) is 0 Å². The zero-order valence-electron chi connectivity index (χ0n) is 12.0. The van der Waals surface area contributed by atoms with Crippen LogP contribution in [0.2, 0.25) is 5.15 Å². The minimum absolute atomic E-state index is 0.198. The molecule has 1 aromatic carbocycles. The van der Waals surface area contributed by atoms with Gasteiger partial charge in [0.05, 0.1) is 17.6 Å². The van der Waals surface area contributed by atoms with Crippen LogP contribution in [-0.2, 0) is 9.59 Å². The molecule has 2 aromatic rings. The first-order valence-corrected chi connectivity index (χ1v) is 8.21. The summed E-state index contributed by atoms with van der Waals surface area (Å²) in [5, 5.41) is 3.06. The maximum Gasteiger partial charge on any atom is 0.239 e. The molecule has 3 rings (SSSR count). The standard InChI is InChI=1S/C16H13BrClN3O2/c17-12-3-1-2-4-13(12)21-8-7-11(16(21)23)15(22)20-10-5-6-14(18)19-9-10/h1-6,9,11H,7-8H2,(H,20,22). The van der Waals surface area contributed by atoms with Crippen molar-refractivity contribution in [2.24, 2.45) is 5.92 Å². The predicted octanol–water partition coefficient (Wildman–Crippen LogP) is 3.49. The molecule has 118 valence electrons. The second-order valence-corrected chi connectivity index (χ2v) is 6.38. The Hall–Kier alpha value is -1.92. The third-order valence-corrected chi connectivity index (χ3v) is 4.55. The number of hydrogen-bond acceptors (Lipinski definition) is 3. The van der Waals surface area contributed by atoms with Gasteiger partial charge in [-0.2, -0.15) is 0 Å². The highest BCUT2D eigenvalue weighted by atomic mass is 79.9. The molecule has 0 radical (unpaired) electrons. The van der Waals surface area contributed by atoms with E-state index in [1.807, 2.05) is 24.3 Å². The van der Waals surface area contributed by atoms with Crippen molar-refractivity contribution >= 4 is 50.7 Å². The highest BCUT2D eigenvalue weighted by Crippen LogP contribution is 2.31. The molecular formula is C16H13BrClN3O2. The normalized spacial score (nSPS) is 17.4. The van der Waals surface area contributed by atoms with E-state index in [1.54, 1.807) is 17.0 Å². The first-order chi connectivity index (χ1) is 11.1. The SMILES string of the molecule is O=C(Nc1ccc(Cl)nc1)C1CCN(c2ccccc2Br)C1=O. The molecule has 1 N–H and O–H groups in total. The maximum atomic E-state index is 12.6. The number of pyridine rings is 1. The van der Waals surface area contributed by atoms with E-state index >= 15 is 0 Å². The summed E-state index contributed by atoms with van der Waals surface area (Å²) in [4.78, 5) is 30.4. The Labute approximate surface area is 146 Å². The minimum Gasteiger partial charge on any atom is -0.324 e. The molecule has 1 fully saturated rings. The zero-order valence-corrected chi connectivity index (χ0v) is 14.3. The molecule has 0 bridgehead atoms. The molecule has 1 unspecified atom stereocenters. The van der Waals surface area contributed by atoms with Crippen molar-refractivity contribution in [3.63, 3.8) is 0 Å². The van der Waals surface area contributed by atoms with Crippen LogP contribution in [0.15, 0.2) is 47.1 Å². The Balaban J connectivity index is 1.72. The van der Waals surface area contributed by atoms with E-state index < -0.39 is 5.92 Å². The van der Waals surface area contributed by atoms with Crippen molar-refractivity contribution in [2.75, 3.05) is 16.8 Å². The first kappa shape index (κ1) is 16.0. The smallest absolute Gasteiger partial charge is 0.239 e. The van der Waals surface area contributed by atoms with Gasteiger partial charge in [-0.05, 0) is 46.6 Å². The third kappa shape index (κ3) is 3.38. The van der Waals surface area contributed by atoms with Gasteiger partial charge in [0, 0.05) is 11.0 Å². The second kappa shape index (κ2) is 6.68. The summed E-state index contributed by atoms with van der Waals surface area (Å²) in [6, 6.07) is 10.7. The Morgan fingerprint density at radius 1 is 1.30 bits per heavy atom. The number of anilines is 2. The number of carbonyl (C=O) groups is 2. The lowest BCUT2D eigenvalue weighted by molar-refractivity contribution is -0.129. The molecule has 2 heterocycles. The third-order valence-electron chi connectivity index (χ3n) is 3.66. The molecule has 1 saturated heterocycles. The van der Waals surface area contributed by atoms with E-state index in [0.29, 0.717) is 23.8 Å². The van der Waals surface area contributed by atoms with Crippen molar-refractivity contribution in [3.8, 4) is 0 Å². The van der Waals surface area contributed by atoms with Gasteiger partial charge in [0.2, 0.25) is 11.8 Å². The summed E-state index contributed by atoms with van der Waals surface area (Å²) in [7, 11) is 0. The molecule has 2 amide bonds. The molecule has 0 saturated carbocycles. The summed E-state index contributed by atoms with van der Waals surface area (Å²) >= 11 is 9.15. The Morgan fingerprint density at radius 3 is 2.78 bits per heavy atom. The molecule has 1 aliphatic rings. The fourth-order valence-electron chi connectivity index (χ4n) is 2.51. The zero-order chi connectivity index (χ0) is 16.4. The number of rotatable bonds is 3. The van der Waals surface area contributed by atoms with Crippen molar-refractivity contribution in [1.29, 1.82) is 0 Å². The molecule has 23 heavy (non-hydrogen) atoms. The summed E-state index contributed by atoms with van der Waals surface area (Å²) in [5.41, 5.74) is 1.30. The lowest BCUT2D eigenvalue weighted by Gasteiger charge is -2.18. The van der Waals surface area contributed by atoms with Crippen LogP contribution in [0, 0.1) is 5.92 Å². The highest BCUT2D eigenvalue weighted by Gasteiger charge is 2.38. The van der Waals surface area contributed by atoms with E-state index in [0.717, 1.165) is 10.2 Å². The number of amides is 2. The maximum absolute atomic E-state index is 12.6. The van der Waals surface area contributed by atoms with E-state index in [9.17, 15) is 9.59 Å². The number of carbonyl (C=O) groups excluding carboxylic acids is 2. The van der Waals surface area contributed by atoms with Crippen molar-refractivity contribution < 1.29 is 9.59 Å². The molecule has 7 heteroatoms. The molecule has 0 aliphatic carbocycles. The van der Waals surface area contributed by atoms with Gasteiger partial charge >= 0.3 is 0 Å². The summed E-state index contributed by atoms with van der Waals surface area (Å²) < 4.78 is 0.830. The Bertz CT molecular complexity index is 751. The van der Waals surface area contributed by atoms with Gasteiger partial charge < -0.3 is 10.2 Å². The molecule has 1 aliphatic heterocycles. The average molecular weight is 395 g/mol. The number of hydrogen-bond donors (Lipinski definition) is 1. The Kier molecular flexibility index (Phi) is 4.63. The van der Waals surface area contributed by atoms with Crippen molar-refractivity contribution in [2.45, 2.75) is 6.42 Å². The lowest BCUT2D eigenvalue weighted by atomic mass is 10.1. The van der Waals surface area contributed by atoms with Crippen LogP contribution in [0.3, 0.4) is 0 Å². The average Bonchev–Trinajstić information content (AvgIpc) is 2.92. The fourth-order valence-corrected chi connectivity index (χ4v) is 3.12. The van der Waals surface area contributed by atoms with Gasteiger partial charge in [-0.15, -0.1) is 0 Å². The monoisotopic (exact) mass is 393 g/mol. The van der Waals surface area contributed by atoms with Gasteiger partial charge in [0.1, 0.15) is 11.1 Å². The van der Waals surface area contributed by atoms with Crippen LogP contribution in [0.25, 0.3) is 0 Å². The van der Waals surface area contributed by atoms with E-state index in [2.05, 4.69) is 26.2 Å². The Morgan fingerprint density at radius 2 is 2.09 bits per heavy atom. The minimum atomic E-state index is -0.696. The molecule has 5 nitrogen and oxygen atoms in total. The number of nitrogens with zero attached hydrogens (tertiary/aromatic N) is 2. The second-order valence-electron chi connectivity index (χ2n) is 5.14. The molecule has 0 spiro atoms. The van der Waals surface area contributed by atoms with Gasteiger partial charge in [-0.1, -0.05) is 23.7 Å².